The standard InChI is InChI=1S/C17H15ClF2N2O3/c1-25-17(24)10-2-4-12(18)15(8-10)21-7-6-16(23)22-14-5-3-11(19)9-13(14)20/h2-5,8-9,21H,6-7H2,1H3,(H,22,23). The lowest BCUT2D eigenvalue weighted by molar-refractivity contribution is -0.116. The molecule has 2 aromatic carbocycles. The minimum Gasteiger partial charge on any atom is -0.465 e. The molecule has 0 fully saturated rings. The van der Waals surface area contributed by atoms with E-state index in [-0.39, 0.29) is 18.7 Å². The van der Waals surface area contributed by atoms with Gasteiger partial charge in [0.05, 0.1) is 29.1 Å². The average Bonchev–Trinajstić information content (AvgIpc) is 2.58. The quantitative estimate of drug-likeness (QED) is 0.760. The number of hydrogen-bond acceptors (Lipinski definition) is 4. The van der Waals surface area contributed by atoms with Crippen molar-refractivity contribution >= 4 is 34.9 Å². The van der Waals surface area contributed by atoms with Crippen molar-refractivity contribution < 1.29 is 23.1 Å². The predicted octanol–water partition coefficient (Wildman–Crippen LogP) is 3.85. The van der Waals surface area contributed by atoms with Crippen LogP contribution >= 0.6 is 11.6 Å². The Balaban J connectivity index is 1.91. The minimum absolute atomic E-state index is 0.00952. The van der Waals surface area contributed by atoms with Crippen molar-refractivity contribution in [1.29, 1.82) is 0 Å². The molecular weight excluding hydrogens is 354 g/mol. The monoisotopic (exact) mass is 368 g/mol. The van der Waals surface area contributed by atoms with Gasteiger partial charge in [0.15, 0.2) is 0 Å². The molecule has 0 radical (unpaired) electrons. The van der Waals surface area contributed by atoms with Crippen LogP contribution < -0.4 is 10.6 Å². The van der Waals surface area contributed by atoms with Gasteiger partial charge in [-0.2, -0.15) is 0 Å². The molecule has 5 nitrogen and oxygen atoms in total. The molecule has 0 aliphatic carbocycles. The molecule has 0 spiro atoms. The maximum absolute atomic E-state index is 13.5. The van der Waals surface area contributed by atoms with Gasteiger partial charge in [-0.3, -0.25) is 4.79 Å². The van der Waals surface area contributed by atoms with Gasteiger partial charge in [0.2, 0.25) is 5.91 Å². The van der Waals surface area contributed by atoms with Crippen LogP contribution in [-0.4, -0.2) is 25.5 Å². The van der Waals surface area contributed by atoms with E-state index < -0.39 is 23.5 Å². The molecule has 2 N–H and O–H groups in total. The fourth-order valence-electron chi connectivity index (χ4n) is 2.02. The number of ether oxygens (including phenoxy) is 1. The lowest BCUT2D eigenvalue weighted by Gasteiger charge is -2.10. The normalized spacial score (nSPS) is 10.2. The van der Waals surface area contributed by atoms with Crippen molar-refractivity contribution in [3.05, 3.63) is 58.6 Å². The van der Waals surface area contributed by atoms with Gasteiger partial charge in [0.25, 0.3) is 0 Å². The zero-order chi connectivity index (χ0) is 18.4. The van der Waals surface area contributed by atoms with E-state index in [4.69, 9.17) is 11.6 Å². The molecule has 1 amide bonds. The molecule has 8 heteroatoms. The summed E-state index contributed by atoms with van der Waals surface area (Å²) in [4.78, 5) is 23.3. The third-order valence-corrected chi connectivity index (χ3v) is 3.59. The van der Waals surface area contributed by atoms with E-state index in [0.717, 1.165) is 12.1 Å². The van der Waals surface area contributed by atoms with E-state index in [1.807, 2.05) is 0 Å². The van der Waals surface area contributed by atoms with Gasteiger partial charge in [-0.1, -0.05) is 11.6 Å². The summed E-state index contributed by atoms with van der Waals surface area (Å²) in [6.45, 7) is 0.193. The molecular formula is C17H15ClF2N2O3. The number of halogens is 3. The van der Waals surface area contributed by atoms with Crippen molar-refractivity contribution in [2.75, 3.05) is 24.3 Å². The number of benzene rings is 2. The van der Waals surface area contributed by atoms with Gasteiger partial charge in [0, 0.05) is 19.0 Å². The number of methoxy groups -OCH3 is 1. The Hall–Kier alpha value is -2.67. The SMILES string of the molecule is COC(=O)c1ccc(Cl)c(NCCC(=O)Nc2ccc(F)cc2F)c1. The van der Waals surface area contributed by atoms with E-state index in [2.05, 4.69) is 15.4 Å². The van der Waals surface area contributed by atoms with E-state index in [0.29, 0.717) is 22.3 Å². The summed E-state index contributed by atoms with van der Waals surface area (Å²) in [5.74, 6) is -2.55. The molecule has 0 atom stereocenters. The summed E-state index contributed by atoms with van der Waals surface area (Å²) in [5.41, 5.74) is 0.676. The van der Waals surface area contributed by atoms with Gasteiger partial charge in [-0.25, -0.2) is 13.6 Å². The largest absolute Gasteiger partial charge is 0.465 e. The van der Waals surface area contributed by atoms with Crippen LogP contribution in [0.1, 0.15) is 16.8 Å². The van der Waals surface area contributed by atoms with Crippen LogP contribution in [0.3, 0.4) is 0 Å². The number of rotatable bonds is 6. The van der Waals surface area contributed by atoms with E-state index >= 15 is 0 Å². The van der Waals surface area contributed by atoms with Crippen molar-refractivity contribution in [2.24, 2.45) is 0 Å². The molecule has 0 aliphatic heterocycles. The van der Waals surface area contributed by atoms with Gasteiger partial charge in [-0.15, -0.1) is 0 Å². The Morgan fingerprint density at radius 2 is 1.88 bits per heavy atom. The second-order valence-corrected chi connectivity index (χ2v) is 5.44. The smallest absolute Gasteiger partial charge is 0.337 e. The molecule has 0 heterocycles. The van der Waals surface area contributed by atoms with E-state index in [9.17, 15) is 18.4 Å². The van der Waals surface area contributed by atoms with Gasteiger partial charge in [0.1, 0.15) is 11.6 Å². The summed E-state index contributed by atoms with van der Waals surface area (Å²) < 4.78 is 30.9. The molecule has 0 unspecified atom stereocenters. The zero-order valence-corrected chi connectivity index (χ0v) is 14.0. The van der Waals surface area contributed by atoms with Crippen LogP contribution in [0.15, 0.2) is 36.4 Å². The Morgan fingerprint density at radius 3 is 2.56 bits per heavy atom. The molecule has 2 aromatic rings. The first-order chi connectivity index (χ1) is 11.9. The lowest BCUT2D eigenvalue weighted by Crippen LogP contribution is -2.17. The topological polar surface area (TPSA) is 67.4 Å². The molecule has 0 aliphatic rings. The van der Waals surface area contributed by atoms with Crippen molar-refractivity contribution in [2.45, 2.75) is 6.42 Å². The maximum Gasteiger partial charge on any atom is 0.337 e. The summed E-state index contributed by atoms with van der Waals surface area (Å²) in [7, 11) is 1.27. The Kier molecular flexibility index (Phi) is 6.30. The van der Waals surface area contributed by atoms with Crippen LogP contribution in [0.25, 0.3) is 0 Å². The van der Waals surface area contributed by atoms with Crippen LogP contribution in [-0.2, 0) is 9.53 Å². The molecule has 0 aromatic heterocycles. The van der Waals surface area contributed by atoms with Crippen LogP contribution in [0, 0.1) is 11.6 Å². The van der Waals surface area contributed by atoms with Crippen LogP contribution in [0.4, 0.5) is 20.2 Å². The number of carbonyl (C=O) groups is 2. The highest BCUT2D eigenvalue weighted by atomic mass is 35.5. The lowest BCUT2D eigenvalue weighted by atomic mass is 10.2. The summed E-state index contributed by atoms with van der Waals surface area (Å²) in [5, 5.41) is 5.64. The van der Waals surface area contributed by atoms with Crippen molar-refractivity contribution in [3.63, 3.8) is 0 Å². The molecule has 2 rings (SSSR count). The number of hydrogen-bond donors (Lipinski definition) is 2. The van der Waals surface area contributed by atoms with Crippen LogP contribution in [0.2, 0.25) is 5.02 Å². The first-order valence-corrected chi connectivity index (χ1v) is 7.65. The van der Waals surface area contributed by atoms with Gasteiger partial charge < -0.3 is 15.4 Å². The Bertz CT molecular complexity index is 799. The summed E-state index contributed by atoms with van der Waals surface area (Å²) in [6.07, 6.45) is 0.00952. The van der Waals surface area contributed by atoms with Crippen molar-refractivity contribution in [1.82, 2.24) is 0 Å². The average molecular weight is 369 g/mol. The predicted molar refractivity (Wildman–Crippen MR) is 90.9 cm³/mol. The highest BCUT2D eigenvalue weighted by molar-refractivity contribution is 6.33. The summed E-state index contributed by atoms with van der Waals surface area (Å²) >= 11 is 6.02. The fourth-order valence-corrected chi connectivity index (χ4v) is 2.20. The maximum atomic E-state index is 13.5. The van der Waals surface area contributed by atoms with Gasteiger partial charge in [-0.05, 0) is 30.3 Å². The Morgan fingerprint density at radius 1 is 1.12 bits per heavy atom. The number of esters is 1. The van der Waals surface area contributed by atoms with Crippen molar-refractivity contribution in [3.8, 4) is 0 Å². The number of anilines is 2. The van der Waals surface area contributed by atoms with Gasteiger partial charge >= 0.3 is 5.97 Å². The second kappa shape index (κ2) is 8.43. The Labute approximate surface area is 147 Å². The molecule has 25 heavy (non-hydrogen) atoms. The molecule has 0 saturated carbocycles. The highest BCUT2D eigenvalue weighted by Crippen LogP contribution is 2.23. The first-order valence-electron chi connectivity index (χ1n) is 7.27. The minimum atomic E-state index is -0.852. The second-order valence-electron chi connectivity index (χ2n) is 5.04. The van der Waals surface area contributed by atoms with Crippen LogP contribution in [0.5, 0.6) is 0 Å². The number of amides is 1. The van der Waals surface area contributed by atoms with E-state index in [1.165, 1.54) is 25.3 Å². The third-order valence-electron chi connectivity index (χ3n) is 3.26. The highest BCUT2D eigenvalue weighted by Gasteiger charge is 2.10. The fraction of sp³-hybridized carbons (Fsp3) is 0.176. The summed E-state index contributed by atoms with van der Waals surface area (Å²) in [6, 6.07) is 7.44. The van der Waals surface area contributed by atoms with E-state index in [1.54, 1.807) is 0 Å². The third kappa shape index (κ3) is 5.15. The zero-order valence-electron chi connectivity index (χ0n) is 13.2. The molecule has 0 saturated heterocycles. The number of carbonyl (C=O) groups excluding carboxylic acids is 2. The molecule has 132 valence electrons. The number of nitrogens with one attached hydrogen (secondary N) is 2. The molecule has 0 bridgehead atoms. The first kappa shape index (κ1) is 18.7.